The highest BCUT2D eigenvalue weighted by Crippen LogP contribution is 2.90. The van der Waals surface area contributed by atoms with E-state index in [4.69, 9.17) is 23.7 Å². The van der Waals surface area contributed by atoms with E-state index in [0.29, 0.717) is 17.8 Å². The van der Waals surface area contributed by atoms with Gasteiger partial charge in [0.25, 0.3) is 0 Å². The topological polar surface area (TPSA) is 147 Å². The molecular formula is C37H60O10. The molecule has 0 amide bonds. The SMILES string of the molecule is COC(C)(C)[C@H]1O[C@@]23O[C@@H]1C[C@@H](C)[C@@H]2[C@@]1(C)CC[C@@]24C[C@@]25CC[C@H](O[C@@H]2O[C@H](CO)[C@H](O)[C@H](O)[C@H]2O)C(C)(C)C5CC[C@H]4[C@]1(C)[C@H]3O. The second-order valence-corrected chi connectivity index (χ2v) is 18.9. The van der Waals surface area contributed by atoms with E-state index in [0.717, 1.165) is 44.9 Å². The molecule has 0 aromatic carbocycles. The predicted molar refractivity (Wildman–Crippen MR) is 170 cm³/mol. The molecule has 47 heavy (non-hydrogen) atoms. The number of aliphatic hydroxyl groups excluding tert-OH is 5. The monoisotopic (exact) mass is 664 g/mol. The van der Waals surface area contributed by atoms with Crippen molar-refractivity contribution in [2.24, 2.45) is 50.7 Å². The van der Waals surface area contributed by atoms with E-state index in [1.165, 1.54) is 6.42 Å². The first-order valence-corrected chi connectivity index (χ1v) is 18.5. The van der Waals surface area contributed by atoms with E-state index >= 15 is 0 Å². The van der Waals surface area contributed by atoms with Crippen molar-refractivity contribution in [1.82, 2.24) is 0 Å². The van der Waals surface area contributed by atoms with E-state index in [-0.39, 0.29) is 51.3 Å². The van der Waals surface area contributed by atoms with Crippen LogP contribution in [0.5, 0.6) is 0 Å². The summed E-state index contributed by atoms with van der Waals surface area (Å²) in [6.45, 7) is 15.4. The molecule has 0 aromatic rings. The van der Waals surface area contributed by atoms with Crippen LogP contribution in [-0.2, 0) is 23.7 Å². The number of hydrogen-bond donors (Lipinski definition) is 5. The highest BCUT2D eigenvalue weighted by molar-refractivity contribution is 5.34. The van der Waals surface area contributed by atoms with Crippen molar-refractivity contribution in [3.63, 3.8) is 0 Å². The van der Waals surface area contributed by atoms with Gasteiger partial charge in [0, 0.05) is 18.4 Å². The number of hydrogen-bond acceptors (Lipinski definition) is 10. The van der Waals surface area contributed by atoms with Crippen LogP contribution >= 0.6 is 0 Å². The molecule has 8 aliphatic rings. The smallest absolute Gasteiger partial charge is 0.199 e. The Bertz CT molecular complexity index is 1270. The number of rotatable bonds is 5. The van der Waals surface area contributed by atoms with E-state index in [1.807, 2.05) is 0 Å². The maximum atomic E-state index is 12.8. The summed E-state index contributed by atoms with van der Waals surface area (Å²) in [6, 6.07) is 0. The fourth-order valence-corrected chi connectivity index (χ4v) is 14.4. The minimum absolute atomic E-state index is 0.102. The fourth-order valence-electron chi connectivity index (χ4n) is 14.4. The lowest BCUT2D eigenvalue weighted by molar-refractivity contribution is -0.326. The Morgan fingerprint density at radius 1 is 0.851 bits per heavy atom. The molecule has 1 unspecified atom stereocenters. The van der Waals surface area contributed by atoms with Gasteiger partial charge in [-0.15, -0.1) is 0 Å². The largest absolute Gasteiger partial charge is 0.394 e. The van der Waals surface area contributed by atoms with Crippen molar-refractivity contribution in [2.45, 2.75) is 166 Å². The number of methoxy groups -OCH3 is 1. The molecule has 3 heterocycles. The maximum Gasteiger partial charge on any atom is 0.199 e. The summed E-state index contributed by atoms with van der Waals surface area (Å²) < 4.78 is 32.2. The zero-order valence-corrected chi connectivity index (χ0v) is 29.6. The van der Waals surface area contributed by atoms with E-state index in [1.54, 1.807) is 7.11 Å². The third-order valence-electron chi connectivity index (χ3n) is 16.8. The third kappa shape index (κ3) is 3.82. The van der Waals surface area contributed by atoms with Crippen LogP contribution in [0, 0.1) is 50.7 Å². The second kappa shape index (κ2) is 10.1. The van der Waals surface area contributed by atoms with Crippen LogP contribution < -0.4 is 0 Å². The van der Waals surface area contributed by atoms with Gasteiger partial charge in [-0.2, -0.15) is 0 Å². The minimum atomic E-state index is -1.45. The fraction of sp³-hybridized carbons (Fsp3) is 1.00. The molecule has 3 aliphatic heterocycles. The van der Waals surface area contributed by atoms with E-state index in [2.05, 4.69) is 48.5 Å². The first kappa shape index (κ1) is 33.7. The Labute approximate surface area is 279 Å². The molecule has 8 fully saturated rings. The summed E-state index contributed by atoms with van der Waals surface area (Å²) >= 11 is 0. The Kier molecular flexibility index (Phi) is 7.27. The first-order chi connectivity index (χ1) is 21.9. The van der Waals surface area contributed by atoms with E-state index < -0.39 is 54.8 Å². The van der Waals surface area contributed by atoms with Gasteiger partial charge >= 0.3 is 0 Å². The van der Waals surface area contributed by atoms with Crippen molar-refractivity contribution in [1.29, 1.82) is 0 Å². The molecule has 5 N–H and O–H groups in total. The molecule has 0 radical (unpaired) electrons. The van der Waals surface area contributed by atoms with Gasteiger partial charge < -0.3 is 49.2 Å². The Morgan fingerprint density at radius 3 is 2.21 bits per heavy atom. The number of fused-ring (bicyclic) bond motifs is 4. The molecule has 10 nitrogen and oxygen atoms in total. The Balaban J connectivity index is 1.08. The lowest BCUT2D eigenvalue weighted by Crippen LogP contribution is -2.62. The summed E-state index contributed by atoms with van der Waals surface area (Å²) in [7, 11) is 1.73. The molecular weight excluding hydrogens is 604 g/mol. The average Bonchev–Trinajstić information content (AvgIpc) is 3.54. The molecule has 5 saturated carbocycles. The molecule has 0 aromatic heterocycles. The lowest BCUT2D eigenvalue weighted by Gasteiger charge is -2.63. The van der Waals surface area contributed by atoms with E-state index in [9.17, 15) is 25.5 Å². The van der Waals surface area contributed by atoms with Gasteiger partial charge in [-0.1, -0.05) is 34.6 Å². The van der Waals surface area contributed by atoms with Gasteiger partial charge in [0.15, 0.2) is 12.1 Å². The Morgan fingerprint density at radius 2 is 1.53 bits per heavy atom. The van der Waals surface area contributed by atoms with Crippen molar-refractivity contribution in [3.8, 4) is 0 Å². The number of aliphatic hydroxyl groups is 5. The normalized spacial score (nSPS) is 60.6. The Hall–Kier alpha value is -0.400. The zero-order valence-electron chi connectivity index (χ0n) is 29.6. The van der Waals surface area contributed by atoms with Gasteiger partial charge in [0.2, 0.25) is 0 Å². The lowest BCUT2D eigenvalue weighted by atomic mass is 9.41. The molecule has 5 aliphatic carbocycles. The van der Waals surface area contributed by atoms with Gasteiger partial charge in [-0.3, -0.25) is 0 Å². The summed E-state index contributed by atoms with van der Waals surface area (Å²) in [6.07, 6.45) is 0.485. The molecule has 268 valence electrons. The zero-order chi connectivity index (χ0) is 33.9. The van der Waals surface area contributed by atoms with Crippen LogP contribution in [-0.4, -0.2) is 106 Å². The highest BCUT2D eigenvalue weighted by atomic mass is 16.8. The second-order valence-electron chi connectivity index (χ2n) is 18.9. The molecule has 2 bridgehead atoms. The maximum absolute atomic E-state index is 12.8. The van der Waals surface area contributed by atoms with Gasteiger partial charge in [-0.05, 0) is 105 Å². The summed E-state index contributed by atoms with van der Waals surface area (Å²) in [4.78, 5) is 0. The third-order valence-corrected chi connectivity index (χ3v) is 16.8. The van der Waals surface area contributed by atoms with Crippen LogP contribution in [0.15, 0.2) is 0 Å². The van der Waals surface area contributed by atoms with Crippen molar-refractivity contribution < 1.29 is 49.2 Å². The average molecular weight is 665 g/mol. The molecule has 3 saturated heterocycles. The molecule has 10 heteroatoms. The van der Waals surface area contributed by atoms with Crippen LogP contribution in [0.3, 0.4) is 0 Å². The predicted octanol–water partition coefficient (Wildman–Crippen LogP) is 3.14. The van der Waals surface area contributed by atoms with Crippen molar-refractivity contribution >= 4 is 0 Å². The van der Waals surface area contributed by atoms with Gasteiger partial charge in [-0.25, -0.2) is 0 Å². The quantitative estimate of drug-likeness (QED) is 0.278. The van der Waals surface area contributed by atoms with Crippen LogP contribution in [0.1, 0.15) is 99.8 Å². The molecule has 3 spiro atoms. The molecule has 18 atom stereocenters. The van der Waals surface area contributed by atoms with Gasteiger partial charge in [0.05, 0.1) is 24.4 Å². The number of ether oxygens (including phenoxy) is 5. The van der Waals surface area contributed by atoms with Crippen LogP contribution in [0.4, 0.5) is 0 Å². The minimum Gasteiger partial charge on any atom is -0.394 e. The first-order valence-electron chi connectivity index (χ1n) is 18.5. The summed E-state index contributed by atoms with van der Waals surface area (Å²) in [5.74, 6) is 0.197. The molecule has 8 rings (SSSR count). The standard InChI is InChI=1S/C37H60O10/c1-18-15-19-28(32(4,5)43-8)47-37(46-19)27(18)33(6)13-14-36-17-35(36)12-11-23(45-29-26(41)25(40)24(39)20(16-38)44-29)31(2,3)21(35)9-10-22(36)34(33,7)30(37)42/h18-30,38-42H,9-17H2,1-8H3/t18-,19-,20-,21?,22+,23+,24+,25+,26-,27-,28+,29+,30-,33-,34-,35-,36+,37+/m1/s1. The van der Waals surface area contributed by atoms with Crippen LogP contribution in [0.2, 0.25) is 0 Å². The van der Waals surface area contributed by atoms with Gasteiger partial charge in [0.1, 0.15) is 36.6 Å². The van der Waals surface area contributed by atoms with Crippen molar-refractivity contribution in [2.75, 3.05) is 13.7 Å². The summed E-state index contributed by atoms with van der Waals surface area (Å²) in [5, 5.41) is 54.0. The highest BCUT2D eigenvalue weighted by Gasteiger charge is 2.88. The summed E-state index contributed by atoms with van der Waals surface area (Å²) in [5.41, 5.74) is -0.947. The van der Waals surface area contributed by atoms with Crippen LogP contribution in [0.25, 0.3) is 0 Å². The van der Waals surface area contributed by atoms with Crippen molar-refractivity contribution in [3.05, 3.63) is 0 Å².